The summed E-state index contributed by atoms with van der Waals surface area (Å²) in [7, 11) is 0. The molecule has 0 bridgehead atoms. The number of aromatic nitrogens is 1. The minimum absolute atomic E-state index is 0.298. The van der Waals surface area contributed by atoms with Gasteiger partial charge in [0, 0.05) is 23.8 Å². The smallest absolute Gasteiger partial charge is 0.231 e. The molecule has 0 atom stereocenters. The lowest BCUT2D eigenvalue weighted by molar-refractivity contribution is 0.174. The molecule has 1 aliphatic heterocycles. The van der Waals surface area contributed by atoms with Crippen molar-refractivity contribution in [1.29, 1.82) is 0 Å². The first-order valence-corrected chi connectivity index (χ1v) is 6.81. The Balaban J connectivity index is 1.64. The number of pyridine rings is 1. The summed E-state index contributed by atoms with van der Waals surface area (Å²) in [5, 5.41) is 3.36. The molecule has 98 valence electrons. The Morgan fingerprint density at radius 1 is 1.16 bits per heavy atom. The van der Waals surface area contributed by atoms with Gasteiger partial charge in [0.15, 0.2) is 11.5 Å². The first kappa shape index (κ1) is 12.4. The number of benzene rings is 1. The molecule has 1 aromatic heterocycles. The van der Waals surface area contributed by atoms with E-state index < -0.39 is 0 Å². The summed E-state index contributed by atoms with van der Waals surface area (Å²) in [4.78, 5) is 4.27. The van der Waals surface area contributed by atoms with E-state index in [4.69, 9.17) is 9.47 Å². The van der Waals surface area contributed by atoms with Gasteiger partial charge in [-0.1, -0.05) is 22.0 Å². The summed E-state index contributed by atoms with van der Waals surface area (Å²) in [6, 6.07) is 9.85. The number of nitrogens with zero attached hydrogens (tertiary/aromatic N) is 1. The fourth-order valence-corrected chi connectivity index (χ4v) is 2.39. The Morgan fingerprint density at radius 3 is 2.79 bits per heavy atom. The van der Waals surface area contributed by atoms with Crippen molar-refractivity contribution in [3.05, 3.63) is 52.3 Å². The van der Waals surface area contributed by atoms with Gasteiger partial charge in [0.05, 0.1) is 5.69 Å². The quantitative estimate of drug-likeness (QED) is 0.940. The lowest BCUT2D eigenvalue weighted by Crippen LogP contribution is -2.13. The van der Waals surface area contributed by atoms with E-state index in [0.717, 1.165) is 40.3 Å². The number of ether oxygens (including phenoxy) is 2. The normalized spacial score (nSPS) is 12.7. The van der Waals surface area contributed by atoms with Crippen LogP contribution in [0.2, 0.25) is 0 Å². The van der Waals surface area contributed by atoms with E-state index >= 15 is 0 Å². The molecular weight excluding hydrogens is 308 g/mol. The van der Waals surface area contributed by atoms with Crippen molar-refractivity contribution in [2.45, 2.75) is 13.1 Å². The van der Waals surface area contributed by atoms with Crippen molar-refractivity contribution in [3.63, 3.8) is 0 Å². The summed E-state index contributed by atoms with van der Waals surface area (Å²) < 4.78 is 11.7. The molecule has 2 aromatic rings. The van der Waals surface area contributed by atoms with Crippen LogP contribution in [0.5, 0.6) is 11.5 Å². The Hall–Kier alpha value is -1.59. The van der Waals surface area contributed by atoms with Crippen molar-refractivity contribution in [2.75, 3.05) is 6.79 Å². The molecule has 4 nitrogen and oxygen atoms in total. The van der Waals surface area contributed by atoms with Crippen LogP contribution in [0.15, 0.2) is 41.0 Å². The van der Waals surface area contributed by atoms with E-state index in [1.165, 1.54) is 0 Å². The van der Waals surface area contributed by atoms with Gasteiger partial charge in [-0.15, -0.1) is 0 Å². The van der Waals surface area contributed by atoms with Crippen molar-refractivity contribution in [1.82, 2.24) is 10.3 Å². The maximum atomic E-state index is 5.38. The predicted octanol–water partition coefficient (Wildman–Crippen LogP) is 2.86. The SMILES string of the molecule is Brc1cc2c(cc1CNCc1ccccn1)OCO2. The highest BCUT2D eigenvalue weighted by Gasteiger charge is 2.15. The van der Waals surface area contributed by atoms with Gasteiger partial charge in [-0.25, -0.2) is 0 Å². The highest BCUT2D eigenvalue weighted by molar-refractivity contribution is 9.10. The number of rotatable bonds is 4. The van der Waals surface area contributed by atoms with Crippen molar-refractivity contribution < 1.29 is 9.47 Å². The molecule has 0 saturated heterocycles. The van der Waals surface area contributed by atoms with E-state index in [1.807, 2.05) is 30.3 Å². The summed E-state index contributed by atoms with van der Waals surface area (Å²) >= 11 is 3.55. The highest BCUT2D eigenvalue weighted by atomic mass is 79.9. The van der Waals surface area contributed by atoms with Gasteiger partial charge < -0.3 is 14.8 Å². The van der Waals surface area contributed by atoms with Crippen LogP contribution in [-0.2, 0) is 13.1 Å². The Bertz CT molecular complexity index is 575. The van der Waals surface area contributed by atoms with Crippen LogP contribution < -0.4 is 14.8 Å². The number of halogens is 1. The fourth-order valence-electron chi connectivity index (χ4n) is 1.92. The summed E-state index contributed by atoms with van der Waals surface area (Å²) in [6.45, 7) is 1.78. The van der Waals surface area contributed by atoms with Crippen LogP contribution in [0.3, 0.4) is 0 Å². The van der Waals surface area contributed by atoms with E-state index in [-0.39, 0.29) is 0 Å². The van der Waals surface area contributed by atoms with Gasteiger partial charge in [0.2, 0.25) is 6.79 Å². The van der Waals surface area contributed by atoms with Gasteiger partial charge in [-0.3, -0.25) is 4.98 Å². The molecule has 0 fully saturated rings. The highest BCUT2D eigenvalue weighted by Crippen LogP contribution is 2.36. The second-order valence-corrected chi connectivity index (χ2v) is 5.08. The first-order valence-electron chi connectivity index (χ1n) is 6.01. The second kappa shape index (κ2) is 5.59. The summed E-state index contributed by atoms with van der Waals surface area (Å²) in [5.41, 5.74) is 2.17. The maximum absolute atomic E-state index is 5.38. The standard InChI is InChI=1S/C14H13BrN2O2/c15-12-6-14-13(18-9-19-14)5-10(12)7-16-8-11-3-1-2-4-17-11/h1-6,16H,7-9H2. The summed E-state index contributed by atoms with van der Waals surface area (Å²) in [5.74, 6) is 1.60. The number of hydrogen-bond donors (Lipinski definition) is 1. The van der Waals surface area contributed by atoms with Crippen molar-refractivity contribution >= 4 is 15.9 Å². The van der Waals surface area contributed by atoms with Crippen LogP contribution in [-0.4, -0.2) is 11.8 Å². The Morgan fingerprint density at radius 2 is 2.00 bits per heavy atom. The minimum Gasteiger partial charge on any atom is -0.454 e. The van der Waals surface area contributed by atoms with Gasteiger partial charge in [0.25, 0.3) is 0 Å². The zero-order chi connectivity index (χ0) is 13.1. The zero-order valence-electron chi connectivity index (χ0n) is 10.2. The van der Waals surface area contributed by atoms with Crippen molar-refractivity contribution in [2.24, 2.45) is 0 Å². The molecule has 0 unspecified atom stereocenters. The molecule has 0 amide bonds. The molecule has 1 aromatic carbocycles. The number of hydrogen-bond acceptors (Lipinski definition) is 4. The topological polar surface area (TPSA) is 43.4 Å². The van der Waals surface area contributed by atoms with Crippen LogP contribution >= 0.6 is 15.9 Å². The van der Waals surface area contributed by atoms with Gasteiger partial charge >= 0.3 is 0 Å². The second-order valence-electron chi connectivity index (χ2n) is 4.22. The third-order valence-corrected chi connectivity index (χ3v) is 3.63. The monoisotopic (exact) mass is 320 g/mol. The third kappa shape index (κ3) is 2.88. The van der Waals surface area contributed by atoms with E-state index in [9.17, 15) is 0 Å². The molecule has 0 spiro atoms. The molecule has 19 heavy (non-hydrogen) atoms. The lowest BCUT2D eigenvalue weighted by Gasteiger charge is -2.08. The average Bonchev–Trinajstić information content (AvgIpc) is 2.87. The van der Waals surface area contributed by atoms with Gasteiger partial charge in [-0.05, 0) is 29.8 Å². The molecule has 0 aliphatic carbocycles. The van der Waals surface area contributed by atoms with Crippen LogP contribution in [0.25, 0.3) is 0 Å². The zero-order valence-corrected chi connectivity index (χ0v) is 11.8. The molecule has 5 heteroatoms. The van der Waals surface area contributed by atoms with Gasteiger partial charge in [-0.2, -0.15) is 0 Å². The molecule has 0 saturated carbocycles. The molecule has 0 radical (unpaired) electrons. The third-order valence-electron chi connectivity index (χ3n) is 2.89. The molecule has 1 aliphatic rings. The fraction of sp³-hybridized carbons (Fsp3) is 0.214. The van der Waals surface area contributed by atoms with Crippen LogP contribution in [0.1, 0.15) is 11.3 Å². The average molecular weight is 321 g/mol. The lowest BCUT2D eigenvalue weighted by atomic mass is 10.2. The molecule has 1 N–H and O–H groups in total. The summed E-state index contributed by atoms with van der Waals surface area (Å²) in [6.07, 6.45) is 1.80. The van der Waals surface area contributed by atoms with E-state index in [0.29, 0.717) is 6.79 Å². The molecule has 3 rings (SSSR count). The molecule has 2 heterocycles. The van der Waals surface area contributed by atoms with Crippen LogP contribution in [0, 0.1) is 0 Å². The van der Waals surface area contributed by atoms with Gasteiger partial charge in [0.1, 0.15) is 0 Å². The number of fused-ring (bicyclic) bond motifs is 1. The predicted molar refractivity (Wildman–Crippen MR) is 75.0 cm³/mol. The largest absolute Gasteiger partial charge is 0.454 e. The van der Waals surface area contributed by atoms with Crippen LogP contribution in [0.4, 0.5) is 0 Å². The Kier molecular flexibility index (Phi) is 3.66. The first-order chi connectivity index (χ1) is 9.33. The van der Waals surface area contributed by atoms with E-state index in [2.05, 4.69) is 26.2 Å². The maximum Gasteiger partial charge on any atom is 0.231 e. The molecular formula is C14H13BrN2O2. The van der Waals surface area contributed by atoms with E-state index in [1.54, 1.807) is 6.20 Å². The Labute approximate surface area is 119 Å². The minimum atomic E-state index is 0.298. The number of nitrogens with one attached hydrogen (secondary N) is 1. The van der Waals surface area contributed by atoms with Crippen molar-refractivity contribution in [3.8, 4) is 11.5 Å².